The molecule has 2 N–H and O–H groups in total. The first kappa shape index (κ1) is 15.9. The van der Waals surface area contributed by atoms with Crippen LogP contribution in [0.15, 0.2) is 16.8 Å². The lowest BCUT2D eigenvalue weighted by molar-refractivity contribution is -0.138. The van der Waals surface area contributed by atoms with E-state index in [0.29, 0.717) is 11.7 Å². The second-order valence-electron chi connectivity index (χ2n) is 4.51. The number of rotatable bonds is 4. The van der Waals surface area contributed by atoms with E-state index in [9.17, 15) is 18.0 Å². The van der Waals surface area contributed by atoms with Crippen LogP contribution in [0.2, 0.25) is 0 Å². The van der Waals surface area contributed by atoms with E-state index in [4.69, 9.17) is 4.42 Å². The van der Waals surface area contributed by atoms with Crippen LogP contribution in [0.1, 0.15) is 22.9 Å². The Morgan fingerprint density at radius 3 is 2.59 bits per heavy atom. The van der Waals surface area contributed by atoms with Gasteiger partial charge in [0.25, 0.3) is 0 Å². The van der Waals surface area contributed by atoms with Gasteiger partial charge in [-0.3, -0.25) is 4.68 Å². The fourth-order valence-corrected chi connectivity index (χ4v) is 1.79. The van der Waals surface area contributed by atoms with E-state index in [-0.39, 0.29) is 18.8 Å². The van der Waals surface area contributed by atoms with Crippen LogP contribution in [-0.2, 0) is 26.3 Å². The van der Waals surface area contributed by atoms with Crippen molar-refractivity contribution in [1.29, 1.82) is 0 Å². The van der Waals surface area contributed by atoms with Crippen LogP contribution >= 0.6 is 0 Å². The van der Waals surface area contributed by atoms with Crippen LogP contribution < -0.4 is 10.6 Å². The molecule has 2 aromatic rings. The molecule has 0 radical (unpaired) electrons. The summed E-state index contributed by atoms with van der Waals surface area (Å²) in [7, 11) is 1.38. The molecule has 0 saturated heterocycles. The van der Waals surface area contributed by atoms with Crippen molar-refractivity contribution >= 4 is 6.03 Å². The van der Waals surface area contributed by atoms with E-state index in [2.05, 4.69) is 20.7 Å². The molecule has 0 aliphatic rings. The van der Waals surface area contributed by atoms with Crippen molar-refractivity contribution in [1.82, 2.24) is 25.4 Å². The molecule has 22 heavy (non-hydrogen) atoms. The lowest BCUT2D eigenvalue weighted by atomic mass is 10.2. The quantitative estimate of drug-likeness (QED) is 0.899. The Balaban J connectivity index is 1.90. The van der Waals surface area contributed by atoms with Gasteiger partial charge in [0.05, 0.1) is 36.7 Å². The largest absolute Gasteiger partial charge is 0.444 e. The number of carbonyl (C=O) groups excluding carboxylic acids is 1. The molecule has 10 heteroatoms. The van der Waals surface area contributed by atoms with E-state index in [1.807, 2.05) is 0 Å². The van der Waals surface area contributed by atoms with Crippen molar-refractivity contribution in [3.8, 4) is 0 Å². The third-order valence-electron chi connectivity index (χ3n) is 2.88. The van der Waals surface area contributed by atoms with Crippen molar-refractivity contribution < 1.29 is 22.4 Å². The Kier molecular flexibility index (Phi) is 4.38. The highest BCUT2D eigenvalue weighted by atomic mass is 19.4. The number of nitrogens with zero attached hydrogens (tertiary/aromatic N) is 3. The maximum Gasteiger partial charge on any atom is 0.419 e. The molecule has 0 atom stereocenters. The second kappa shape index (κ2) is 6.08. The molecular weight excluding hydrogens is 303 g/mol. The molecule has 0 fully saturated rings. The molecule has 0 bridgehead atoms. The average molecular weight is 317 g/mol. The molecule has 0 aromatic carbocycles. The number of urea groups is 1. The first-order valence-electron chi connectivity index (χ1n) is 6.28. The number of aryl methyl sites for hydroxylation is 2. The van der Waals surface area contributed by atoms with Crippen LogP contribution in [0.3, 0.4) is 0 Å². The number of aromatic nitrogens is 3. The van der Waals surface area contributed by atoms with Gasteiger partial charge in [0.1, 0.15) is 5.76 Å². The van der Waals surface area contributed by atoms with Gasteiger partial charge in [0.2, 0.25) is 0 Å². The van der Waals surface area contributed by atoms with Crippen molar-refractivity contribution in [3.63, 3.8) is 0 Å². The normalized spacial score (nSPS) is 11.5. The van der Waals surface area contributed by atoms with Gasteiger partial charge in [-0.1, -0.05) is 0 Å². The lowest BCUT2D eigenvalue weighted by Gasteiger charge is -2.10. The molecule has 7 nitrogen and oxygen atoms in total. The standard InChI is InChI=1S/C12H14F3N5O2/c1-7-16-3-8(22-7)4-17-11(21)18-6-10-9(12(13,14)15)5-19-20(10)2/h3,5H,4,6H2,1-2H3,(H2,17,18,21). The highest BCUT2D eigenvalue weighted by molar-refractivity contribution is 5.73. The molecule has 2 amide bonds. The van der Waals surface area contributed by atoms with Gasteiger partial charge in [0, 0.05) is 14.0 Å². The van der Waals surface area contributed by atoms with Gasteiger partial charge in [-0.05, 0) is 0 Å². The van der Waals surface area contributed by atoms with Gasteiger partial charge in [-0.2, -0.15) is 18.3 Å². The lowest BCUT2D eigenvalue weighted by Crippen LogP contribution is -2.35. The second-order valence-corrected chi connectivity index (χ2v) is 4.51. The Labute approximate surface area is 123 Å². The zero-order valence-electron chi connectivity index (χ0n) is 11.9. The topological polar surface area (TPSA) is 85.0 Å². The van der Waals surface area contributed by atoms with Crippen LogP contribution in [0.4, 0.5) is 18.0 Å². The molecule has 0 saturated carbocycles. The third kappa shape index (κ3) is 3.77. The summed E-state index contributed by atoms with van der Waals surface area (Å²) < 4.78 is 44.5. The molecule has 120 valence electrons. The predicted octanol–water partition coefficient (Wildman–Crippen LogP) is 1.73. The fourth-order valence-electron chi connectivity index (χ4n) is 1.79. The van der Waals surface area contributed by atoms with Crippen LogP contribution in [0.25, 0.3) is 0 Å². The van der Waals surface area contributed by atoms with Crippen LogP contribution in [0, 0.1) is 6.92 Å². The van der Waals surface area contributed by atoms with Crippen molar-refractivity contribution in [2.24, 2.45) is 7.05 Å². The van der Waals surface area contributed by atoms with E-state index in [0.717, 1.165) is 10.9 Å². The number of hydrogen-bond acceptors (Lipinski definition) is 4. The average Bonchev–Trinajstić information content (AvgIpc) is 2.99. The summed E-state index contributed by atoms with van der Waals surface area (Å²) >= 11 is 0. The Morgan fingerprint density at radius 1 is 1.32 bits per heavy atom. The fraction of sp³-hybridized carbons (Fsp3) is 0.417. The maximum absolute atomic E-state index is 12.8. The maximum atomic E-state index is 12.8. The molecule has 0 aliphatic heterocycles. The van der Waals surface area contributed by atoms with Gasteiger partial charge in [-0.15, -0.1) is 0 Å². The van der Waals surface area contributed by atoms with Gasteiger partial charge >= 0.3 is 12.2 Å². The Bertz CT molecular complexity index is 662. The summed E-state index contributed by atoms with van der Waals surface area (Å²) in [6.45, 7) is 1.45. The highest BCUT2D eigenvalue weighted by Gasteiger charge is 2.35. The highest BCUT2D eigenvalue weighted by Crippen LogP contribution is 2.31. The van der Waals surface area contributed by atoms with E-state index >= 15 is 0 Å². The smallest absolute Gasteiger partial charge is 0.419 e. The minimum absolute atomic E-state index is 0.0875. The number of nitrogens with one attached hydrogen (secondary N) is 2. The minimum atomic E-state index is -4.51. The molecule has 0 unspecified atom stereocenters. The predicted molar refractivity (Wildman–Crippen MR) is 68.5 cm³/mol. The summed E-state index contributed by atoms with van der Waals surface area (Å²) in [5, 5.41) is 8.36. The molecule has 2 rings (SSSR count). The zero-order chi connectivity index (χ0) is 16.3. The first-order valence-corrected chi connectivity index (χ1v) is 6.28. The van der Waals surface area contributed by atoms with Gasteiger partial charge < -0.3 is 15.1 Å². The number of carbonyl (C=O) groups is 1. The van der Waals surface area contributed by atoms with E-state index in [1.165, 1.54) is 13.2 Å². The van der Waals surface area contributed by atoms with Crippen molar-refractivity contribution in [2.75, 3.05) is 0 Å². The summed E-state index contributed by atoms with van der Waals surface area (Å²) in [5.74, 6) is 0.908. The molecular formula is C12H14F3N5O2. The summed E-state index contributed by atoms with van der Waals surface area (Å²) in [5.41, 5.74) is -1.00. The van der Waals surface area contributed by atoms with Crippen LogP contribution in [0.5, 0.6) is 0 Å². The minimum Gasteiger partial charge on any atom is -0.444 e. The molecule has 0 aliphatic carbocycles. The molecule has 2 aromatic heterocycles. The zero-order valence-corrected chi connectivity index (χ0v) is 11.9. The molecule has 2 heterocycles. The van der Waals surface area contributed by atoms with E-state index < -0.39 is 17.8 Å². The Hall–Kier alpha value is -2.52. The van der Waals surface area contributed by atoms with Gasteiger partial charge in [0.15, 0.2) is 5.89 Å². The summed E-state index contributed by atoms with van der Waals surface area (Å²) in [4.78, 5) is 15.5. The van der Waals surface area contributed by atoms with Crippen molar-refractivity contribution in [3.05, 3.63) is 35.3 Å². The number of alkyl halides is 3. The number of hydrogen-bond donors (Lipinski definition) is 2. The SMILES string of the molecule is Cc1ncc(CNC(=O)NCc2c(C(F)(F)F)cnn2C)o1. The third-order valence-corrected chi connectivity index (χ3v) is 2.88. The monoisotopic (exact) mass is 317 g/mol. The van der Waals surface area contributed by atoms with E-state index in [1.54, 1.807) is 6.92 Å². The Morgan fingerprint density at radius 2 is 2.00 bits per heavy atom. The van der Waals surface area contributed by atoms with Crippen LogP contribution in [-0.4, -0.2) is 20.8 Å². The first-order chi connectivity index (χ1) is 10.3. The number of amides is 2. The van der Waals surface area contributed by atoms with Gasteiger partial charge in [-0.25, -0.2) is 9.78 Å². The molecule has 0 spiro atoms. The summed E-state index contributed by atoms with van der Waals surface area (Å²) in [6, 6.07) is -0.622. The van der Waals surface area contributed by atoms with Crippen molar-refractivity contribution in [2.45, 2.75) is 26.2 Å². The number of oxazole rings is 1. The summed E-state index contributed by atoms with van der Waals surface area (Å²) in [6.07, 6.45) is -2.33. The number of halogens is 3.